The zero-order valence-corrected chi connectivity index (χ0v) is 15.6. The topological polar surface area (TPSA) is 152 Å². The van der Waals surface area contributed by atoms with Crippen LogP contribution in [0.2, 0.25) is 0 Å². The van der Waals surface area contributed by atoms with Gasteiger partial charge in [-0.1, -0.05) is 13.8 Å². The van der Waals surface area contributed by atoms with Gasteiger partial charge in [0.05, 0.1) is 0 Å². The number of carbonyl (C=O) groups is 3. The lowest BCUT2D eigenvalue weighted by Crippen LogP contribution is -2.59. The fourth-order valence-corrected chi connectivity index (χ4v) is 2.68. The SMILES string of the molecule is CCC(CC)C(=O)N1N=C(C(=O)OC(F)(F)F)CC(N=C(N)N)C1NC(C)=O. The number of amides is 2. The second kappa shape index (κ2) is 9.37. The first kappa shape index (κ1) is 23.2. The molecule has 2 unspecified atom stereocenters. The first-order valence-electron chi connectivity index (χ1n) is 8.46. The molecule has 2 amide bonds. The van der Waals surface area contributed by atoms with Gasteiger partial charge in [0, 0.05) is 19.3 Å². The number of halogens is 3. The summed E-state index contributed by atoms with van der Waals surface area (Å²) in [5.41, 5.74) is 10.00. The van der Waals surface area contributed by atoms with Crippen LogP contribution in [0.1, 0.15) is 40.0 Å². The summed E-state index contributed by atoms with van der Waals surface area (Å²) < 4.78 is 40.6. The van der Waals surface area contributed by atoms with Crippen LogP contribution in [-0.4, -0.2) is 53.0 Å². The van der Waals surface area contributed by atoms with Crippen molar-refractivity contribution in [3.8, 4) is 0 Å². The third-order valence-corrected chi connectivity index (χ3v) is 3.93. The van der Waals surface area contributed by atoms with E-state index in [1.165, 1.54) is 6.92 Å². The van der Waals surface area contributed by atoms with E-state index in [1.54, 1.807) is 13.8 Å². The molecular weight excluding hydrogens is 385 g/mol. The standard InChI is InChI=1S/C15H23F3N6O4/c1-4-8(5-2)12(26)24-11(21-7(3)25)9(22-14(19)20)6-10(23-24)13(27)28-15(16,17)18/h8-9,11H,4-6H2,1-3H3,(H,21,25)(H4,19,20,22). The van der Waals surface area contributed by atoms with Gasteiger partial charge in [0.25, 0.3) is 0 Å². The smallest absolute Gasteiger partial charge is 0.370 e. The van der Waals surface area contributed by atoms with Crippen LogP contribution in [-0.2, 0) is 19.1 Å². The molecule has 0 bridgehead atoms. The van der Waals surface area contributed by atoms with E-state index in [-0.39, 0.29) is 0 Å². The van der Waals surface area contributed by atoms with Crippen molar-refractivity contribution in [1.82, 2.24) is 10.3 Å². The Morgan fingerprint density at radius 1 is 1.32 bits per heavy atom. The van der Waals surface area contributed by atoms with Crippen LogP contribution in [0.15, 0.2) is 10.1 Å². The summed E-state index contributed by atoms with van der Waals surface area (Å²) in [5.74, 6) is -3.93. The van der Waals surface area contributed by atoms with Crippen molar-refractivity contribution in [3.63, 3.8) is 0 Å². The van der Waals surface area contributed by atoms with Gasteiger partial charge in [-0.15, -0.1) is 13.2 Å². The first-order valence-corrected chi connectivity index (χ1v) is 8.46. The summed E-state index contributed by atoms with van der Waals surface area (Å²) >= 11 is 0. The van der Waals surface area contributed by atoms with Gasteiger partial charge in [0.2, 0.25) is 11.8 Å². The van der Waals surface area contributed by atoms with Crippen molar-refractivity contribution in [2.45, 2.75) is 58.6 Å². The number of hydrogen-bond acceptors (Lipinski definition) is 6. The highest BCUT2D eigenvalue weighted by atomic mass is 19.4. The number of esters is 1. The molecule has 0 radical (unpaired) electrons. The maximum atomic E-state index is 12.8. The summed E-state index contributed by atoms with van der Waals surface area (Å²) in [5, 5.41) is 6.92. The van der Waals surface area contributed by atoms with Crippen molar-refractivity contribution < 1.29 is 32.3 Å². The molecule has 1 heterocycles. The van der Waals surface area contributed by atoms with E-state index in [0.717, 1.165) is 5.01 Å². The van der Waals surface area contributed by atoms with Crippen LogP contribution >= 0.6 is 0 Å². The highest BCUT2D eigenvalue weighted by Crippen LogP contribution is 2.24. The number of aliphatic imine (C=N–C) groups is 1. The van der Waals surface area contributed by atoms with Crippen LogP contribution in [0.25, 0.3) is 0 Å². The Bertz CT molecular complexity index is 671. The molecular formula is C15H23F3N6O4. The number of rotatable bonds is 6. The van der Waals surface area contributed by atoms with Gasteiger partial charge in [-0.2, -0.15) is 5.10 Å². The second-order valence-corrected chi connectivity index (χ2v) is 6.05. The minimum atomic E-state index is -5.23. The number of hydrogen-bond donors (Lipinski definition) is 3. The van der Waals surface area contributed by atoms with Crippen molar-refractivity contribution in [1.29, 1.82) is 0 Å². The Morgan fingerprint density at radius 3 is 2.32 bits per heavy atom. The zero-order chi connectivity index (χ0) is 21.6. The molecule has 2 atom stereocenters. The molecule has 0 saturated heterocycles. The molecule has 28 heavy (non-hydrogen) atoms. The second-order valence-electron chi connectivity index (χ2n) is 6.05. The summed E-state index contributed by atoms with van der Waals surface area (Å²) in [4.78, 5) is 40.1. The number of nitrogens with one attached hydrogen (secondary N) is 1. The number of nitrogens with two attached hydrogens (primary N) is 2. The van der Waals surface area contributed by atoms with Crippen molar-refractivity contribution >= 4 is 29.5 Å². The Labute approximate surface area is 159 Å². The monoisotopic (exact) mass is 408 g/mol. The lowest BCUT2D eigenvalue weighted by Gasteiger charge is -2.37. The van der Waals surface area contributed by atoms with Gasteiger partial charge >= 0.3 is 12.3 Å². The summed E-state index contributed by atoms with van der Waals surface area (Å²) in [6.07, 6.45) is -6.09. The molecule has 1 rings (SSSR count). The van der Waals surface area contributed by atoms with Gasteiger partial charge < -0.3 is 21.5 Å². The van der Waals surface area contributed by atoms with Crippen LogP contribution in [0.3, 0.4) is 0 Å². The van der Waals surface area contributed by atoms with E-state index in [9.17, 15) is 27.6 Å². The van der Waals surface area contributed by atoms with E-state index in [1.807, 2.05) is 0 Å². The van der Waals surface area contributed by atoms with Gasteiger partial charge in [-0.3, -0.25) is 9.59 Å². The number of alkyl halides is 3. The van der Waals surface area contributed by atoms with Gasteiger partial charge in [-0.05, 0) is 12.8 Å². The molecule has 1 aliphatic heterocycles. The summed E-state index contributed by atoms with van der Waals surface area (Å²) in [6, 6.07) is -1.14. The van der Waals surface area contributed by atoms with Gasteiger partial charge in [-0.25, -0.2) is 14.8 Å². The third kappa shape index (κ3) is 6.39. The molecule has 0 fully saturated rings. The molecule has 0 aromatic rings. The Hall–Kier alpha value is -2.86. The Morgan fingerprint density at radius 2 is 1.89 bits per heavy atom. The average Bonchev–Trinajstić information content (AvgIpc) is 2.54. The molecule has 0 spiro atoms. The quantitative estimate of drug-likeness (QED) is 0.324. The third-order valence-electron chi connectivity index (χ3n) is 3.93. The largest absolute Gasteiger partial charge is 0.575 e. The van der Waals surface area contributed by atoms with Crippen molar-refractivity contribution in [2.24, 2.45) is 27.5 Å². The predicted molar refractivity (Wildman–Crippen MR) is 92.3 cm³/mol. The predicted octanol–water partition coefficient (Wildman–Crippen LogP) is 0.178. The van der Waals surface area contributed by atoms with E-state index in [0.29, 0.717) is 12.8 Å². The molecule has 158 valence electrons. The summed E-state index contributed by atoms with van der Waals surface area (Å²) in [6.45, 7) is 4.64. The van der Waals surface area contributed by atoms with Crippen LogP contribution in [0.4, 0.5) is 13.2 Å². The summed E-state index contributed by atoms with van der Waals surface area (Å²) in [7, 11) is 0. The lowest BCUT2D eigenvalue weighted by atomic mass is 9.99. The molecule has 5 N–H and O–H groups in total. The van der Waals surface area contributed by atoms with Crippen LogP contribution < -0.4 is 16.8 Å². The number of guanidine groups is 1. The average molecular weight is 408 g/mol. The number of carbonyl (C=O) groups excluding carboxylic acids is 3. The van der Waals surface area contributed by atoms with Gasteiger partial charge in [0.1, 0.15) is 17.9 Å². The molecule has 0 saturated carbocycles. The Balaban J connectivity index is 3.42. The highest BCUT2D eigenvalue weighted by molar-refractivity contribution is 6.37. The van der Waals surface area contributed by atoms with Crippen molar-refractivity contribution in [2.75, 3.05) is 0 Å². The molecule has 0 aliphatic carbocycles. The minimum Gasteiger partial charge on any atom is -0.370 e. The molecule has 1 aliphatic rings. The van der Waals surface area contributed by atoms with E-state index in [4.69, 9.17) is 11.5 Å². The first-order chi connectivity index (χ1) is 12.9. The zero-order valence-electron chi connectivity index (χ0n) is 15.6. The van der Waals surface area contributed by atoms with Crippen molar-refractivity contribution in [3.05, 3.63) is 0 Å². The maximum Gasteiger partial charge on any atom is 0.575 e. The molecule has 10 nitrogen and oxygen atoms in total. The maximum absolute atomic E-state index is 12.8. The number of ether oxygens (including phenoxy) is 1. The minimum absolute atomic E-state index is 0.406. The van der Waals surface area contributed by atoms with E-state index >= 15 is 0 Å². The molecule has 0 aromatic carbocycles. The normalized spacial score (nSPS) is 19.7. The lowest BCUT2D eigenvalue weighted by molar-refractivity contribution is -0.302. The van der Waals surface area contributed by atoms with E-state index < -0.39 is 60.4 Å². The van der Waals surface area contributed by atoms with E-state index in [2.05, 4.69) is 20.1 Å². The molecule has 13 heteroatoms. The van der Waals surface area contributed by atoms with Gasteiger partial charge in [0.15, 0.2) is 5.96 Å². The fourth-order valence-electron chi connectivity index (χ4n) is 2.68. The molecule has 0 aromatic heterocycles. The number of nitrogens with zero attached hydrogens (tertiary/aromatic N) is 3. The fraction of sp³-hybridized carbons (Fsp3) is 0.667. The number of hydrazone groups is 1. The Kier molecular flexibility index (Phi) is 7.76. The van der Waals surface area contributed by atoms with Crippen LogP contribution in [0.5, 0.6) is 0 Å². The highest BCUT2D eigenvalue weighted by Gasteiger charge is 2.43. The van der Waals surface area contributed by atoms with Crippen LogP contribution in [0, 0.1) is 5.92 Å².